The number of rotatable bonds is 4. The monoisotopic (exact) mass is 208 g/mol. The van der Waals surface area contributed by atoms with Crippen LogP contribution in [0.1, 0.15) is 19.8 Å². The minimum absolute atomic E-state index is 0.0602. The van der Waals surface area contributed by atoms with Crippen molar-refractivity contribution in [1.82, 2.24) is 4.31 Å². The molecule has 13 heavy (non-hydrogen) atoms. The van der Waals surface area contributed by atoms with E-state index in [-0.39, 0.29) is 11.8 Å². The third kappa shape index (κ3) is 2.40. The first-order valence-electron chi connectivity index (χ1n) is 4.43. The Hall–Kier alpha value is -0.170. The summed E-state index contributed by atoms with van der Waals surface area (Å²) in [5.74, 6) is 5.08. The summed E-state index contributed by atoms with van der Waals surface area (Å²) in [6.07, 6.45) is 1.74. The highest BCUT2D eigenvalue weighted by Gasteiger charge is 2.32. The molecule has 2 N–H and O–H groups in total. The maximum atomic E-state index is 11.5. The standard InChI is InChI=1S/C7H16N2O3S/c1-2-13(10,11)9-5-3-4-7(9)6-12-8/h7H,2-6,8H2,1H3. The molecule has 0 bridgehead atoms. The molecule has 78 valence electrons. The number of nitrogens with two attached hydrogens (primary N) is 1. The van der Waals surface area contributed by atoms with Crippen LogP contribution in [0.15, 0.2) is 0 Å². The van der Waals surface area contributed by atoms with Gasteiger partial charge in [0.2, 0.25) is 10.0 Å². The lowest BCUT2D eigenvalue weighted by molar-refractivity contribution is 0.101. The Morgan fingerprint density at radius 1 is 1.62 bits per heavy atom. The Labute approximate surface area is 78.9 Å². The van der Waals surface area contributed by atoms with Crippen LogP contribution in [0, 0.1) is 0 Å². The Morgan fingerprint density at radius 3 is 2.85 bits per heavy atom. The van der Waals surface area contributed by atoms with E-state index in [0.29, 0.717) is 13.2 Å². The van der Waals surface area contributed by atoms with Gasteiger partial charge in [-0.3, -0.25) is 0 Å². The van der Waals surface area contributed by atoms with Crippen molar-refractivity contribution in [1.29, 1.82) is 0 Å². The van der Waals surface area contributed by atoms with Gasteiger partial charge in [0.1, 0.15) is 0 Å². The molecule has 1 saturated heterocycles. The van der Waals surface area contributed by atoms with Gasteiger partial charge in [-0.1, -0.05) is 0 Å². The van der Waals surface area contributed by atoms with Crippen molar-refractivity contribution >= 4 is 10.0 Å². The third-order valence-corrected chi connectivity index (χ3v) is 4.26. The molecule has 0 aromatic heterocycles. The minimum atomic E-state index is -3.07. The fourth-order valence-corrected chi connectivity index (χ4v) is 2.98. The van der Waals surface area contributed by atoms with Gasteiger partial charge in [-0.2, -0.15) is 4.31 Å². The molecular weight excluding hydrogens is 192 g/mol. The van der Waals surface area contributed by atoms with Crippen molar-refractivity contribution in [3.63, 3.8) is 0 Å². The van der Waals surface area contributed by atoms with Gasteiger partial charge in [-0.25, -0.2) is 14.3 Å². The van der Waals surface area contributed by atoms with Crippen molar-refractivity contribution in [3.05, 3.63) is 0 Å². The lowest BCUT2D eigenvalue weighted by Crippen LogP contribution is -2.39. The molecule has 5 nitrogen and oxygen atoms in total. The molecule has 0 amide bonds. The lowest BCUT2D eigenvalue weighted by atomic mass is 10.2. The number of nitrogens with zero attached hydrogens (tertiary/aromatic N) is 1. The highest BCUT2D eigenvalue weighted by molar-refractivity contribution is 7.89. The van der Waals surface area contributed by atoms with Crippen LogP contribution in [0.2, 0.25) is 0 Å². The fraction of sp³-hybridized carbons (Fsp3) is 1.00. The average molecular weight is 208 g/mol. The second-order valence-electron chi connectivity index (χ2n) is 3.14. The molecule has 0 aromatic carbocycles. The van der Waals surface area contributed by atoms with Crippen LogP contribution in [0.25, 0.3) is 0 Å². The van der Waals surface area contributed by atoms with Gasteiger partial charge in [0, 0.05) is 6.54 Å². The number of sulfonamides is 1. The Bertz CT molecular complexity index is 252. The predicted molar refractivity (Wildman–Crippen MR) is 49.3 cm³/mol. The van der Waals surface area contributed by atoms with Crippen molar-refractivity contribution < 1.29 is 13.3 Å². The van der Waals surface area contributed by atoms with Gasteiger partial charge in [0.15, 0.2) is 0 Å². The predicted octanol–water partition coefficient (Wildman–Crippen LogP) is -0.309. The Balaban J connectivity index is 2.68. The molecule has 1 aliphatic rings. The van der Waals surface area contributed by atoms with Crippen molar-refractivity contribution in [2.24, 2.45) is 5.90 Å². The smallest absolute Gasteiger partial charge is 0.214 e. The van der Waals surface area contributed by atoms with E-state index in [1.54, 1.807) is 6.92 Å². The lowest BCUT2D eigenvalue weighted by Gasteiger charge is -2.22. The zero-order chi connectivity index (χ0) is 9.90. The zero-order valence-corrected chi connectivity index (χ0v) is 8.59. The highest BCUT2D eigenvalue weighted by Crippen LogP contribution is 2.20. The Morgan fingerprint density at radius 2 is 2.31 bits per heavy atom. The minimum Gasteiger partial charge on any atom is -0.303 e. The summed E-state index contributed by atoms with van der Waals surface area (Å²) in [7, 11) is -3.07. The molecule has 0 saturated carbocycles. The van der Waals surface area contributed by atoms with Crippen LogP contribution >= 0.6 is 0 Å². The Kier molecular flexibility index (Phi) is 3.66. The van der Waals surface area contributed by atoms with E-state index in [1.165, 1.54) is 4.31 Å². The summed E-state index contributed by atoms with van der Waals surface area (Å²) in [5.41, 5.74) is 0. The van der Waals surface area contributed by atoms with E-state index in [2.05, 4.69) is 4.84 Å². The summed E-state index contributed by atoms with van der Waals surface area (Å²) < 4.78 is 24.5. The topological polar surface area (TPSA) is 72.6 Å². The third-order valence-electron chi connectivity index (χ3n) is 2.33. The maximum absolute atomic E-state index is 11.5. The van der Waals surface area contributed by atoms with E-state index in [1.807, 2.05) is 0 Å². The second-order valence-corrected chi connectivity index (χ2v) is 5.35. The van der Waals surface area contributed by atoms with Crippen LogP contribution in [0.3, 0.4) is 0 Å². The molecule has 1 atom stereocenters. The molecule has 1 heterocycles. The normalized spacial score (nSPS) is 25.2. The van der Waals surface area contributed by atoms with Crippen LogP contribution in [-0.2, 0) is 14.9 Å². The fourth-order valence-electron chi connectivity index (χ4n) is 1.62. The van der Waals surface area contributed by atoms with Crippen LogP contribution < -0.4 is 5.90 Å². The van der Waals surface area contributed by atoms with Gasteiger partial charge >= 0.3 is 0 Å². The summed E-state index contributed by atoms with van der Waals surface area (Å²) in [4.78, 5) is 4.49. The molecule has 1 aliphatic heterocycles. The SMILES string of the molecule is CCS(=O)(=O)N1CCCC1CON. The summed E-state index contributed by atoms with van der Waals surface area (Å²) in [6.45, 7) is 2.54. The van der Waals surface area contributed by atoms with E-state index in [4.69, 9.17) is 5.90 Å². The summed E-state index contributed by atoms with van der Waals surface area (Å²) in [5, 5.41) is 0. The van der Waals surface area contributed by atoms with Gasteiger partial charge < -0.3 is 4.84 Å². The molecule has 1 rings (SSSR count). The maximum Gasteiger partial charge on any atom is 0.214 e. The summed E-state index contributed by atoms with van der Waals surface area (Å²) >= 11 is 0. The molecule has 6 heteroatoms. The molecular formula is C7H16N2O3S. The van der Waals surface area contributed by atoms with Crippen LogP contribution in [0.5, 0.6) is 0 Å². The molecule has 0 radical (unpaired) electrons. The average Bonchev–Trinajstić information content (AvgIpc) is 2.54. The molecule has 1 unspecified atom stereocenters. The first-order chi connectivity index (χ1) is 6.11. The highest BCUT2D eigenvalue weighted by atomic mass is 32.2. The quantitative estimate of drug-likeness (QED) is 0.643. The summed E-state index contributed by atoms with van der Waals surface area (Å²) in [6, 6.07) is -0.0602. The van der Waals surface area contributed by atoms with Crippen molar-refractivity contribution in [2.75, 3.05) is 18.9 Å². The second kappa shape index (κ2) is 4.36. The number of hydrogen-bond donors (Lipinski definition) is 1. The first-order valence-corrected chi connectivity index (χ1v) is 6.04. The van der Waals surface area contributed by atoms with E-state index < -0.39 is 10.0 Å². The first kappa shape index (κ1) is 10.9. The molecule has 0 spiro atoms. The molecule has 1 fully saturated rings. The van der Waals surface area contributed by atoms with E-state index in [9.17, 15) is 8.42 Å². The van der Waals surface area contributed by atoms with Gasteiger partial charge in [0.05, 0.1) is 18.4 Å². The van der Waals surface area contributed by atoms with Crippen LogP contribution in [0.4, 0.5) is 0 Å². The van der Waals surface area contributed by atoms with Crippen molar-refractivity contribution in [3.8, 4) is 0 Å². The van der Waals surface area contributed by atoms with Crippen LogP contribution in [-0.4, -0.2) is 37.7 Å². The molecule has 0 aromatic rings. The van der Waals surface area contributed by atoms with E-state index >= 15 is 0 Å². The largest absolute Gasteiger partial charge is 0.303 e. The van der Waals surface area contributed by atoms with Gasteiger partial charge in [-0.15, -0.1) is 0 Å². The van der Waals surface area contributed by atoms with Gasteiger partial charge in [-0.05, 0) is 19.8 Å². The molecule has 0 aliphatic carbocycles. The van der Waals surface area contributed by atoms with E-state index in [0.717, 1.165) is 12.8 Å². The number of hydrogen-bond acceptors (Lipinski definition) is 4. The zero-order valence-electron chi connectivity index (χ0n) is 7.77. The van der Waals surface area contributed by atoms with Gasteiger partial charge in [0.25, 0.3) is 0 Å². The van der Waals surface area contributed by atoms with Crippen molar-refractivity contribution in [2.45, 2.75) is 25.8 Å².